The van der Waals surface area contributed by atoms with E-state index in [0.717, 1.165) is 0 Å². The maximum absolute atomic E-state index is 14.5. The number of alkyl halides is 1. The molecule has 1 aliphatic heterocycles. The summed E-state index contributed by atoms with van der Waals surface area (Å²) in [6.45, 7) is 17.7. The first-order chi connectivity index (χ1) is 34.5. The van der Waals surface area contributed by atoms with E-state index in [1.54, 1.807) is 69.0 Å². The first-order valence-electron chi connectivity index (χ1n) is 25.4. The molecule has 1 saturated heterocycles. The molecule has 414 valence electrons. The van der Waals surface area contributed by atoms with Crippen LogP contribution in [-0.2, 0) is 43.0 Å². The Hall–Kier alpha value is -5.24. The molecule has 2 aromatic carbocycles. The number of hydrazone groups is 1. The fourth-order valence-electron chi connectivity index (χ4n) is 9.60. The molecule has 0 unspecified atom stereocenters. The molecule has 19 heteroatoms. The number of likely N-dealkylation sites (tertiary alicyclic amines) is 1. The molecule has 18 nitrogen and oxygen atoms in total. The Morgan fingerprint density at radius 3 is 1.99 bits per heavy atom. The molecule has 1 heterocycles. The summed E-state index contributed by atoms with van der Waals surface area (Å²) < 4.78 is 18.3. The van der Waals surface area contributed by atoms with Crippen molar-refractivity contribution in [3.63, 3.8) is 0 Å². The SMILES string of the molecule is C.CC[C@H](C)[C@@H]([C@@H](CC(=O)N1CCC[C@H]1[C@H](OC)[C@@H](C)C(=O)N[C@H](C)[C@@H](OC(=O)c1ccc(/C(C)=N/NC(=O)CCNC(=O)CBr)cc1)c1ccccc1)OC)N(C)C(=O)[C@@H](NC(=O)[C@H](C(C)C)N(C)C)C(C)C. The number of carbonyl (C=O) groups is 7. The second-order valence-corrected chi connectivity index (χ2v) is 20.6. The van der Waals surface area contributed by atoms with E-state index in [1.807, 2.05) is 90.9 Å². The van der Waals surface area contributed by atoms with Gasteiger partial charge in [0.05, 0.1) is 65.3 Å². The molecule has 1 aliphatic rings. The smallest absolute Gasteiger partial charge is 0.338 e. The highest BCUT2D eigenvalue weighted by atomic mass is 79.9. The summed E-state index contributed by atoms with van der Waals surface area (Å²) in [6.07, 6.45) is -0.231. The van der Waals surface area contributed by atoms with E-state index in [-0.39, 0.29) is 90.9 Å². The van der Waals surface area contributed by atoms with Gasteiger partial charge in [-0.2, -0.15) is 5.10 Å². The van der Waals surface area contributed by atoms with Gasteiger partial charge in [0.15, 0.2) is 0 Å². The molecule has 4 N–H and O–H groups in total. The van der Waals surface area contributed by atoms with Gasteiger partial charge in [0, 0.05) is 40.8 Å². The van der Waals surface area contributed by atoms with Gasteiger partial charge in [-0.3, -0.25) is 33.7 Å². The molecule has 1 fully saturated rings. The molecule has 74 heavy (non-hydrogen) atoms. The summed E-state index contributed by atoms with van der Waals surface area (Å²) in [4.78, 5) is 99.3. The number of benzene rings is 2. The molecule has 0 spiro atoms. The van der Waals surface area contributed by atoms with Crippen LogP contribution in [0.25, 0.3) is 0 Å². The van der Waals surface area contributed by atoms with E-state index in [2.05, 4.69) is 42.4 Å². The molecular formula is C55H87BrN8O10. The third-order valence-corrected chi connectivity index (χ3v) is 14.3. The van der Waals surface area contributed by atoms with Gasteiger partial charge in [-0.15, -0.1) is 0 Å². The standard InChI is InChI=1S/C54H83BrN8O10.CH4/c1-15-34(6)48(62(12)53(69)46(32(2)3)58-52(68)47(33(4)5)61(10)11)42(71-13)30-45(66)63-29-19-22-41(63)49(72-14)35(7)51(67)57-37(9)50(39-20-17-16-18-21-39)73-54(70)40-25-23-38(24-26-40)36(8)59-60-43(64)27-28-56-44(65)31-55;/h16-18,20-21,23-26,32-35,37,41-42,46-50H,15,19,22,27-31H2,1-14H3,(H,56,65)(H,57,67)(H,58,68)(H,60,64);1H4/b59-36+;/t34-,35+,37+,41-,42+,46-,47-,48-,49+,50+;/m0./s1. The van der Waals surface area contributed by atoms with Gasteiger partial charge in [0.2, 0.25) is 35.4 Å². The van der Waals surface area contributed by atoms with Gasteiger partial charge < -0.3 is 40.0 Å². The first kappa shape index (κ1) is 64.9. The summed E-state index contributed by atoms with van der Waals surface area (Å²) in [6, 6.07) is 12.8. The van der Waals surface area contributed by atoms with Crippen LogP contribution in [0.3, 0.4) is 0 Å². The quantitative estimate of drug-likeness (QED) is 0.0330. The molecule has 3 rings (SSSR count). The lowest BCUT2D eigenvalue weighted by molar-refractivity contribution is -0.148. The second kappa shape index (κ2) is 31.6. The Labute approximate surface area is 449 Å². The number of amides is 6. The summed E-state index contributed by atoms with van der Waals surface area (Å²) in [5, 5.41) is 13.0. The van der Waals surface area contributed by atoms with Crippen LogP contribution in [0.4, 0.5) is 0 Å². The number of hydrogen-bond acceptors (Lipinski definition) is 12. The second-order valence-electron chi connectivity index (χ2n) is 20.0. The van der Waals surface area contributed by atoms with Crippen molar-refractivity contribution in [1.82, 2.24) is 36.1 Å². The lowest BCUT2D eigenvalue weighted by Gasteiger charge is -2.41. The van der Waals surface area contributed by atoms with Crippen LogP contribution >= 0.6 is 15.9 Å². The Kier molecular flexibility index (Phi) is 27.7. The minimum atomic E-state index is -0.885. The van der Waals surface area contributed by atoms with Crippen molar-refractivity contribution >= 4 is 63.1 Å². The zero-order chi connectivity index (χ0) is 54.7. The fraction of sp³-hybridized carbons (Fsp3) is 0.636. The third kappa shape index (κ3) is 18.3. The Bertz CT molecular complexity index is 2150. The zero-order valence-corrected chi connectivity index (χ0v) is 47.1. The van der Waals surface area contributed by atoms with Crippen LogP contribution in [0.15, 0.2) is 59.7 Å². The van der Waals surface area contributed by atoms with Crippen molar-refractivity contribution in [3.8, 4) is 0 Å². The largest absolute Gasteiger partial charge is 0.452 e. The molecular weight excluding hydrogens is 1010 g/mol. The Morgan fingerprint density at radius 1 is 0.824 bits per heavy atom. The van der Waals surface area contributed by atoms with Crippen molar-refractivity contribution in [2.75, 3.05) is 53.8 Å². The average molecular weight is 1100 g/mol. The number of likely N-dealkylation sites (N-methyl/N-ethyl adjacent to an activating group) is 2. The minimum absolute atomic E-state index is 0. The third-order valence-electron chi connectivity index (χ3n) is 13.8. The molecule has 0 aromatic heterocycles. The molecule has 0 saturated carbocycles. The number of methoxy groups -OCH3 is 2. The zero-order valence-electron chi connectivity index (χ0n) is 45.5. The summed E-state index contributed by atoms with van der Waals surface area (Å²) in [7, 11) is 8.48. The molecule has 0 bridgehead atoms. The minimum Gasteiger partial charge on any atom is -0.452 e. The summed E-state index contributed by atoms with van der Waals surface area (Å²) in [5.41, 5.74) is 4.55. The van der Waals surface area contributed by atoms with E-state index in [1.165, 1.54) is 7.11 Å². The number of rotatable bonds is 28. The predicted octanol–water partition coefficient (Wildman–Crippen LogP) is 6.11. The Balaban J connectivity index is 0.0000187. The highest BCUT2D eigenvalue weighted by Crippen LogP contribution is 2.31. The van der Waals surface area contributed by atoms with Crippen molar-refractivity contribution in [1.29, 1.82) is 0 Å². The van der Waals surface area contributed by atoms with Crippen molar-refractivity contribution in [2.45, 2.75) is 150 Å². The van der Waals surface area contributed by atoms with Crippen molar-refractivity contribution in [3.05, 3.63) is 71.3 Å². The van der Waals surface area contributed by atoms with Crippen LogP contribution < -0.4 is 21.4 Å². The van der Waals surface area contributed by atoms with Crippen LogP contribution in [0, 0.1) is 23.7 Å². The van der Waals surface area contributed by atoms with E-state index in [4.69, 9.17) is 14.2 Å². The topological polar surface area (TPSA) is 217 Å². The van der Waals surface area contributed by atoms with Crippen LogP contribution in [0.1, 0.15) is 129 Å². The van der Waals surface area contributed by atoms with E-state index in [9.17, 15) is 33.6 Å². The van der Waals surface area contributed by atoms with E-state index >= 15 is 0 Å². The van der Waals surface area contributed by atoms with Crippen molar-refractivity contribution < 1.29 is 47.8 Å². The van der Waals surface area contributed by atoms with E-state index < -0.39 is 60.4 Å². The molecule has 6 amide bonds. The predicted molar refractivity (Wildman–Crippen MR) is 292 cm³/mol. The maximum Gasteiger partial charge on any atom is 0.338 e. The lowest BCUT2D eigenvalue weighted by atomic mass is 9.89. The molecule has 0 radical (unpaired) electrons. The van der Waals surface area contributed by atoms with Gasteiger partial charge >= 0.3 is 5.97 Å². The van der Waals surface area contributed by atoms with E-state index in [0.29, 0.717) is 42.6 Å². The molecule has 10 atom stereocenters. The fourth-order valence-corrected chi connectivity index (χ4v) is 9.80. The van der Waals surface area contributed by atoms with Gasteiger partial charge in [0.1, 0.15) is 12.1 Å². The van der Waals surface area contributed by atoms with Gasteiger partial charge in [-0.05, 0) is 81.8 Å². The van der Waals surface area contributed by atoms with Gasteiger partial charge in [-0.25, -0.2) is 10.2 Å². The lowest BCUT2D eigenvalue weighted by Crippen LogP contribution is -2.59. The summed E-state index contributed by atoms with van der Waals surface area (Å²) in [5.74, 6) is -3.24. The van der Waals surface area contributed by atoms with Gasteiger partial charge in [-0.1, -0.05) is 121 Å². The van der Waals surface area contributed by atoms with Crippen LogP contribution in [0.2, 0.25) is 0 Å². The number of hydrogen-bond donors (Lipinski definition) is 4. The van der Waals surface area contributed by atoms with Crippen molar-refractivity contribution in [2.24, 2.45) is 28.8 Å². The number of ether oxygens (including phenoxy) is 3. The maximum atomic E-state index is 14.5. The molecule has 2 aromatic rings. The first-order valence-corrected chi connectivity index (χ1v) is 26.6. The van der Waals surface area contributed by atoms with Crippen LogP contribution in [0.5, 0.6) is 0 Å². The highest BCUT2D eigenvalue weighted by molar-refractivity contribution is 9.09. The number of nitrogens with one attached hydrogen (secondary N) is 4. The Morgan fingerprint density at radius 2 is 1.45 bits per heavy atom. The van der Waals surface area contributed by atoms with Crippen LogP contribution in [-0.4, -0.2) is 158 Å². The monoisotopic (exact) mass is 1100 g/mol. The number of halogens is 1. The molecule has 0 aliphatic carbocycles. The number of carbonyl (C=O) groups excluding carboxylic acids is 7. The normalized spacial score (nSPS) is 17.4. The number of nitrogens with zero attached hydrogens (tertiary/aromatic N) is 4. The average Bonchev–Trinajstić information content (AvgIpc) is 3.85. The summed E-state index contributed by atoms with van der Waals surface area (Å²) >= 11 is 3.06. The highest BCUT2D eigenvalue weighted by Gasteiger charge is 2.43. The van der Waals surface area contributed by atoms with Gasteiger partial charge in [0.25, 0.3) is 0 Å². The number of esters is 1.